The Bertz CT molecular complexity index is 1390. The third kappa shape index (κ3) is 4.07. The summed E-state index contributed by atoms with van der Waals surface area (Å²) in [4.78, 5) is 11.8. The molecule has 0 amide bonds. The first-order valence-electron chi connectivity index (χ1n) is 10.0. The van der Waals surface area contributed by atoms with Crippen molar-refractivity contribution in [3.63, 3.8) is 0 Å². The number of rotatable bonds is 6. The van der Waals surface area contributed by atoms with Crippen molar-refractivity contribution in [3.8, 4) is 0 Å². The number of fused-ring (bicyclic) bond motifs is 1. The summed E-state index contributed by atoms with van der Waals surface area (Å²) in [7, 11) is 0. The SMILES string of the molecule is C=C(C(=O)O)c1ccccc1/C(=C(\CC)c1ccc(Cl)cc1Cl)c1ccc2[nH]ncc2c1. The van der Waals surface area contributed by atoms with E-state index in [-0.39, 0.29) is 5.57 Å². The van der Waals surface area contributed by atoms with Crippen molar-refractivity contribution in [2.24, 2.45) is 0 Å². The molecule has 160 valence electrons. The van der Waals surface area contributed by atoms with Gasteiger partial charge < -0.3 is 5.11 Å². The van der Waals surface area contributed by atoms with E-state index in [0.717, 1.165) is 38.7 Å². The number of aromatic nitrogens is 2. The van der Waals surface area contributed by atoms with Gasteiger partial charge in [0.15, 0.2) is 0 Å². The Morgan fingerprint density at radius 2 is 1.78 bits per heavy atom. The molecule has 1 aromatic heterocycles. The molecule has 3 aromatic carbocycles. The van der Waals surface area contributed by atoms with Gasteiger partial charge in [-0.25, -0.2) is 4.79 Å². The van der Waals surface area contributed by atoms with E-state index in [9.17, 15) is 9.90 Å². The average molecular weight is 463 g/mol. The highest BCUT2D eigenvalue weighted by Crippen LogP contribution is 2.40. The normalized spacial score (nSPS) is 12.0. The number of benzene rings is 3. The van der Waals surface area contributed by atoms with Crippen LogP contribution in [0.1, 0.15) is 35.6 Å². The zero-order chi connectivity index (χ0) is 22.8. The van der Waals surface area contributed by atoms with Crippen molar-refractivity contribution in [2.45, 2.75) is 13.3 Å². The van der Waals surface area contributed by atoms with Gasteiger partial charge in [0.2, 0.25) is 0 Å². The number of hydrogen-bond donors (Lipinski definition) is 2. The van der Waals surface area contributed by atoms with Gasteiger partial charge in [-0.05, 0) is 64.1 Å². The fourth-order valence-electron chi connectivity index (χ4n) is 3.91. The van der Waals surface area contributed by atoms with E-state index in [2.05, 4.69) is 16.8 Å². The number of nitrogens with one attached hydrogen (secondary N) is 1. The third-order valence-electron chi connectivity index (χ3n) is 5.42. The first-order chi connectivity index (χ1) is 15.4. The summed E-state index contributed by atoms with van der Waals surface area (Å²) in [5, 5.41) is 18.8. The number of H-pyrrole nitrogens is 1. The van der Waals surface area contributed by atoms with Gasteiger partial charge in [-0.3, -0.25) is 5.10 Å². The van der Waals surface area contributed by atoms with Crippen LogP contribution >= 0.6 is 23.2 Å². The van der Waals surface area contributed by atoms with Crippen LogP contribution < -0.4 is 0 Å². The Morgan fingerprint density at radius 3 is 2.47 bits per heavy atom. The molecule has 0 aliphatic carbocycles. The Hall–Kier alpha value is -3.34. The average Bonchev–Trinajstić information content (AvgIpc) is 3.25. The van der Waals surface area contributed by atoms with E-state index in [1.54, 1.807) is 24.4 Å². The maximum Gasteiger partial charge on any atom is 0.335 e. The van der Waals surface area contributed by atoms with Crippen LogP contribution in [0.5, 0.6) is 0 Å². The number of carboxylic acids is 1. The van der Waals surface area contributed by atoms with Gasteiger partial charge in [-0.2, -0.15) is 5.10 Å². The van der Waals surface area contributed by atoms with E-state index in [1.807, 2.05) is 49.4 Å². The molecule has 32 heavy (non-hydrogen) atoms. The molecule has 0 saturated heterocycles. The molecule has 6 heteroatoms. The molecule has 0 spiro atoms. The van der Waals surface area contributed by atoms with Crippen LogP contribution in [0.15, 0.2) is 73.4 Å². The van der Waals surface area contributed by atoms with Gasteiger partial charge in [0.1, 0.15) is 0 Å². The maximum absolute atomic E-state index is 11.8. The number of nitrogens with zero attached hydrogens (tertiary/aromatic N) is 1. The molecule has 0 fully saturated rings. The molecule has 2 N–H and O–H groups in total. The number of aliphatic carboxylic acids is 1. The minimum Gasteiger partial charge on any atom is -0.478 e. The predicted molar refractivity (Wildman–Crippen MR) is 132 cm³/mol. The standard InChI is InChI=1S/C26H20Cl2N2O2/c1-3-19(21-10-9-18(27)13-23(21)28)25(16-8-11-24-17(12-16)14-29-30-24)22-7-5-4-6-20(22)15(2)26(31)32/h4-14H,2-3H2,1H3,(H,29,30)(H,31,32)/b25-19+. The summed E-state index contributed by atoms with van der Waals surface area (Å²) >= 11 is 12.8. The number of allylic oxidation sites excluding steroid dienone is 1. The van der Waals surface area contributed by atoms with Crippen LogP contribution in [0.4, 0.5) is 0 Å². The summed E-state index contributed by atoms with van der Waals surface area (Å²) in [5.74, 6) is -1.07. The molecule has 0 radical (unpaired) electrons. The lowest BCUT2D eigenvalue weighted by Crippen LogP contribution is -2.04. The lowest BCUT2D eigenvalue weighted by atomic mass is 9.84. The fourth-order valence-corrected chi connectivity index (χ4v) is 4.43. The monoisotopic (exact) mass is 462 g/mol. The van der Waals surface area contributed by atoms with Crippen molar-refractivity contribution < 1.29 is 9.90 Å². The second-order valence-electron chi connectivity index (χ2n) is 7.33. The molecule has 0 atom stereocenters. The lowest BCUT2D eigenvalue weighted by Gasteiger charge is -2.20. The molecule has 0 unspecified atom stereocenters. The smallest absolute Gasteiger partial charge is 0.335 e. The summed E-state index contributed by atoms with van der Waals surface area (Å²) in [6.07, 6.45) is 2.42. The third-order valence-corrected chi connectivity index (χ3v) is 5.97. The minimum absolute atomic E-state index is 0.0279. The van der Waals surface area contributed by atoms with Crippen molar-refractivity contribution in [1.29, 1.82) is 0 Å². The first-order valence-corrected chi connectivity index (χ1v) is 10.8. The Balaban J connectivity index is 2.09. The van der Waals surface area contributed by atoms with E-state index < -0.39 is 5.97 Å². The Labute approximate surface area is 195 Å². The van der Waals surface area contributed by atoms with E-state index in [0.29, 0.717) is 22.0 Å². The number of hydrogen-bond acceptors (Lipinski definition) is 2. The first kappa shape index (κ1) is 21.9. The predicted octanol–water partition coefficient (Wildman–Crippen LogP) is 7.34. The highest BCUT2D eigenvalue weighted by Gasteiger charge is 2.21. The van der Waals surface area contributed by atoms with Gasteiger partial charge in [0.05, 0.1) is 17.3 Å². The molecule has 0 aliphatic rings. The van der Waals surface area contributed by atoms with Gasteiger partial charge in [-0.1, -0.05) is 73.1 Å². The highest BCUT2D eigenvalue weighted by atomic mass is 35.5. The summed E-state index contributed by atoms with van der Waals surface area (Å²) < 4.78 is 0. The van der Waals surface area contributed by atoms with Crippen LogP contribution in [0.25, 0.3) is 27.6 Å². The summed E-state index contributed by atoms with van der Waals surface area (Å²) in [6, 6.07) is 18.8. The molecular formula is C26H20Cl2N2O2. The minimum atomic E-state index is -1.07. The largest absolute Gasteiger partial charge is 0.478 e. The van der Waals surface area contributed by atoms with Crippen molar-refractivity contribution >= 4 is 56.8 Å². The molecule has 1 heterocycles. The Morgan fingerprint density at radius 1 is 1.03 bits per heavy atom. The van der Waals surface area contributed by atoms with Crippen LogP contribution in [0, 0.1) is 0 Å². The number of carboxylic acid groups (broad SMARTS) is 1. The van der Waals surface area contributed by atoms with Crippen molar-refractivity contribution in [3.05, 3.63) is 106 Å². The van der Waals surface area contributed by atoms with Gasteiger partial charge in [0.25, 0.3) is 0 Å². The second-order valence-corrected chi connectivity index (χ2v) is 8.18. The van der Waals surface area contributed by atoms with Gasteiger partial charge >= 0.3 is 5.97 Å². The van der Waals surface area contributed by atoms with Crippen LogP contribution in [0.2, 0.25) is 10.0 Å². The van der Waals surface area contributed by atoms with Crippen LogP contribution in [0.3, 0.4) is 0 Å². The van der Waals surface area contributed by atoms with Crippen molar-refractivity contribution in [2.75, 3.05) is 0 Å². The fraction of sp³-hybridized carbons (Fsp3) is 0.0769. The number of aromatic amines is 1. The quantitative estimate of drug-likeness (QED) is 0.232. The van der Waals surface area contributed by atoms with Crippen LogP contribution in [-0.2, 0) is 4.79 Å². The molecular weight excluding hydrogens is 443 g/mol. The molecule has 4 rings (SSSR count). The summed E-state index contributed by atoms with van der Waals surface area (Å²) in [6.45, 7) is 5.86. The van der Waals surface area contributed by atoms with E-state index >= 15 is 0 Å². The second kappa shape index (κ2) is 9.03. The van der Waals surface area contributed by atoms with Crippen molar-refractivity contribution in [1.82, 2.24) is 10.2 Å². The zero-order valence-corrected chi connectivity index (χ0v) is 18.8. The summed E-state index contributed by atoms with van der Waals surface area (Å²) in [5.41, 5.74) is 5.89. The molecule has 0 bridgehead atoms. The molecule has 0 aliphatic heterocycles. The lowest BCUT2D eigenvalue weighted by molar-refractivity contribution is -0.130. The number of halogens is 2. The topological polar surface area (TPSA) is 66.0 Å². The molecule has 0 saturated carbocycles. The molecule has 4 nitrogen and oxygen atoms in total. The number of carbonyl (C=O) groups is 1. The maximum atomic E-state index is 11.8. The van der Waals surface area contributed by atoms with E-state index in [1.165, 1.54) is 0 Å². The van der Waals surface area contributed by atoms with Crippen LogP contribution in [-0.4, -0.2) is 21.3 Å². The zero-order valence-electron chi connectivity index (χ0n) is 17.3. The highest BCUT2D eigenvalue weighted by molar-refractivity contribution is 6.36. The van der Waals surface area contributed by atoms with E-state index in [4.69, 9.17) is 23.2 Å². The Kier molecular flexibility index (Phi) is 6.17. The van der Waals surface area contributed by atoms with Gasteiger partial charge in [-0.15, -0.1) is 0 Å². The van der Waals surface area contributed by atoms with Gasteiger partial charge in [0, 0.05) is 15.4 Å². The molecule has 4 aromatic rings.